The highest BCUT2D eigenvalue weighted by atomic mass is 19.1. The molecule has 2 aromatic rings. The molecule has 1 fully saturated rings. The van der Waals surface area contributed by atoms with Gasteiger partial charge in [-0.1, -0.05) is 0 Å². The summed E-state index contributed by atoms with van der Waals surface area (Å²) in [5, 5.41) is 4.49. The molecule has 0 bridgehead atoms. The Hall–Kier alpha value is -2.17. The molecule has 0 N–H and O–H groups in total. The molecule has 1 heterocycles. The van der Waals surface area contributed by atoms with E-state index in [1.165, 1.54) is 12.1 Å². The van der Waals surface area contributed by atoms with Crippen molar-refractivity contribution in [2.45, 2.75) is 32.6 Å². The summed E-state index contributed by atoms with van der Waals surface area (Å²) in [6.07, 6.45) is 2.23. The second-order valence-electron chi connectivity index (χ2n) is 5.59. The molecule has 1 aromatic heterocycles. The van der Waals surface area contributed by atoms with Crippen LogP contribution in [0, 0.1) is 5.82 Å². The highest BCUT2D eigenvalue weighted by Gasteiger charge is 2.30. The predicted octanol–water partition coefficient (Wildman–Crippen LogP) is 3.37. The molecule has 0 atom stereocenters. The molecule has 1 aliphatic carbocycles. The zero-order valence-electron chi connectivity index (χ0n) is 12.9. The van der Waals surface area contributed by atoms with E-state index in [4.69, 9.17) is 0 Å². The molecule has 5 heteroatoms. The monoisotopic (exact) mass is 301 g/mol. The highest BCUT2D eigenvalue weighted by molar-refractivity contribution is 5.92. The van der Waals surface area contributed by atoms with Crippen LogP contribution in [0.4, 0.5) is 4.39 Å². The van der Waals surface area contributed by atoms with Crippen molar-refractivity contribution in [3.05, 3.63) is 47.5 Å². The quantitative estimate of drug-likeness (QED) is 0.849. The molecule has 1 amide bonds. The van der Waals surface area contributed by atoms with E-state index < -0.39 is 0 Å². The number of amides is 1. The van der Waals surface area contributed by atoms with E-state index in [0.29, 0.717) is 24.7 Å². The van der Waals surface area contributed by atoms with Gasteiger partial charge >= 0.3 is 0 Å². The van der Waals surface area contributed by atoms with Gasteiger partial charge in [-0.15, -0.1) is 0 Å². The molecule has 4 nitrogen and oxygen atoms in total. The van der Waals surface area contributed by atoms with E-state index in [1.807, 2.05) is 19.9 Å². The average molecular weight is 301 g/mol. The van der Waals surface area contributed by atoms with E-state index in [0.717, 1.165) is 24.2 Å². The van der Waals surface area contributed by atoms with Gasteiger partial charge in [0.05, 0.1) is 5.69 Å². The van der Waals surface area contributed by atoms with Gasteiger partial charge in [0.25, 0.3) is 5.91 Å². The first-order valence-electron chi connectivity index (χ1n) is 7.79. The summed E-state index contributed by atoms with van der Waals surface area (Å²) in [7, 11) is 0. The number of hydrogen-bond acceptors (Lipinski definition) is 2. The van der Waals surface area contributed by atoms with Gasteiger partial charge in [0.2, 0.25) is 0 Å². The number of benzene rings is 1. The number of nitrogens with zero attached hydrogens (tertiary/aromatic N) is 3. The molecule has 116 valence electrons. The molecular formula is C17H20FN3O. The summed E-state index contributed by atoms with van der Waals surface area (Å²) in [5.74, 6) is 0.131. The first kappa shape index (κ1) is 14.8. The Morgan fingerprint density at radius 2 is 1.91 bits per heavy atom. The lowest BCUT2D eigenvalue weighted by Gasteiger charge is -2.16. The molecule has 0 saturated heterocycles. The molecule has 1 saturated carbocycles. The fraction of sp³-hybridized carbons (Fsp3) is 0.412. The predicted molar refractivity (Wildman–Crippen MR) is 82.7 cm³/mol. The van der Waals surface area contributed by atoms with Gasteiger partial charge in [-0.3, -0.25) is 4.79 Å². The maximum Gasteiger partial charge on any atom is 0.274 e. The third kappa shape index (κ3) is 2.75. The van der Waals surface area contributed by atoms with E-state index >= 15 is 0 Å². The maximum atomic E-state index is 13.1. The first-order chi connectivity index (χ1) is 10.6. The fourth-order valence-corrected chi connectivity index (χ4v) is 2.63. The normalized spacial score (nSPS) is 14.1. The summed E-state index contributed by atoms with van der Waals surface area (Å²) in [4.78, 5) is 14.2. The summed E-state index contributed by atoms with van der Waals surface area (Å²) >= 11 is 0. The Balaban J connectivity index is 1.99. The van der Waals surface area contributed by atoms with E-state index in [9.17, 15) is 9.18 Å². The molecule has 3 rings (SSSR count). The van der Waals surface area contributed by atoms with Crippen molar-refractivity contribution >= 4 is 5.91 Å². The van der Waals surface area contributed by atoms with Gasteiger partial charge in [0.1, 0.15) is 5.82 Å². The van der Waals surface area contributed by atoms with Crippen molar-refractivity contribution in [3.63, 3.8) is 0 Å². The molecule has 0 aliphatic heterocycles. The van der Waals surface area contributed by atoms with Crippen molar-refractivity contribution in [1.29, 1.82) is 0 Å². The second-order valence-corrected chi connectivity index (χ2v) is 5.59. The number of carbonyl (C=O) groups is 1. The molecule has 0 unspecified atom stereocenters. The van der Waals surface area contributed by atoms with E-state index in [1.54, 1.807) is 21.7 Å². The largest absolute Gasteiger partial charge is 0.338 e. The van der Waals surface area contributed by atoms with Crippen LogP contribution in [0.15, 0.2) is 30.3 Å². The summed E-state index contributed by atoms with van der Waals surface area (Å²) in [6, 6.07) is 8.11. The zero-order valence-corrected chi connectivity index (χ0v) is 12.9. The Morgan fingerprint density at radius 1 is 1.27 bits per heavy atom. The zero-order chi connectivity index (χ0) is 15.7. The number of carbonyl (C=O) groups excluding carboxylic acids is 1. The van der Waals surface area contributed by atoms with Crippen LogP contribution in [0.1, 0.15) is 48.8 Å². The Kier molecular flexibility index (Phi) is 3.96. The van der Waals surface area contributed by atoms with Gasteiger partial charge in [-0.25, -0.2) is 9.07 Å². The lowest BCUT2D eigenvalue weighted by atomic mass is 10.2. The first-order valence-corrected chi connectivity index (χ1v) is 7.79. The minimum absolute atomic E-state index is 0.0484. The van der Waals surface area contributed by atoms with E-state index in [-0.39, 0.29) is 11.7 Å². The lowest BCUT2D eigenvalue weighted by molar-refractivity contribution is 0.0766. The topological polar surface area (TPSA) is 38.1 Å². The highest BCUT2D eigenvalue weighted by Crippen LogP contribution is 2.41. The van der Waals surface area contributed by atoms with Crippen LogP contribution in [0.25, 0.3) is 5.69 Å². The van der Waals surface area contributed by atoms with Crippen molar-refractivity contribution < 1.29 is 9.18 Å². The third-order valence-electron chi connectivity index (χ3n) is 4.07. The Morgan fingerprint density at radius 3 is 2.45 bits per heavy atom. The number of aromatic nitrogens is 2. The van der Waals surface area contributed by atoms with Crippen molar-refractivity contribution in [1.82, 2.24) is 14.7 Å². The number of hydrogen-bond donors (Lipinski definition) is 0. The molecule has 1 aliphatic rings. The standard InChI is InChI=1S/C17H20FN3O/c1-3-20(4-2)17(22)15-11-16(12-5-6-12)21(19-15)14-9-7-13(18)8-10-14/h7-12H,3-6H2,1-2H3. The average Bonchev–Trinajstić information content (AvgIpc) is 3.28. The van der Waals surface area contributed by atoms with Gasteiger partial charge in [0.15, 0.2) is 5.69 Å². The SMILES string of the molecule is CCN(CC)C(=O)c1cc(C2CC2)n(-c2ccc(F)cc2)n1. The van der Waals surface area contributed by atoms with Gasteiger partial charge < -0.3 is 4.90 Å². The third-order valence-corrected chi connectivity index (χ3v) is 4.07. The number of halogens is 1. The fourth-order valence-electron chi connectivity index (χ4n) is 2.63. The van der Waals surface area contributed by atoms with Crippen molar-refractivity contribution in [3.8, 4) is 5.69 Å². The molecule has 1 aromatic carbocycles. The number of rotatable bonds is 5. The van der Waals surface area contributed by atoms with Crippen LogP contribution in [0.3, 0.4) is 0 Å². The smallest absolute Gasteiger partial charge is 0.274 e. The van der Waals surface area contributed by atoms with Crippen LogP contribution in [0.5, 0.6) is 0 Å². The van der Waals surface area contributed by atoms with Gasteiger partial charge in [-0.05, 0) is 57.0 Å². The van der Waals surface area contributed by atoms with Crippen LogP contribution < -0.4 is 0 Å². The molecule has 0 radical (unpaired) electrons. The summed E-state index contributed by atoms with van der Waals surface area (Å²) < 4.78 is 14.9. The summed E-state index contributed by atoms with van der Waals surface area (Å²) in [6.45, 7) is 5.25. The minimum Gasteiger partial charge on any atom is -0.338 e. The molecular weight excluding hydrogens is 281 g/mol. The second kappa shape index (κ2) is 5.91. The van der Waals surface area contributed by atoms with Crippen molar-refractivity contribution in [2.24, 2.45) is 0 Å². The maximum absolute atomic E-state index is 13.1. The van der Waals surface area contributed by atoms with Gasteiger partial charge in [0, 0.05) is 24.7 Å². The van der Waals surface area contributed by atoms with Gasteiger partial charge in [-0.2, -0.15) is 5.10 Å². The Bertz CT molecular complexity index is 670. The van der Waals surface area contributed by atoms with Crippen LogP contribution in [0.2, 0.25) is 0 Å². The van der Waals surface area contributed by atoms with E-state index in [2.05, 4.69) is 5.10 Å². The van der Waals surface area contributed by atoms with Crippen molar-refractivity contribution in [2.75, 3.05) is 13.1 Å². The van der Waals surface area contributed by atoms with Crippen LogP contribution >= 0.6 is 0 Å². The molecule has 22 heavy (non-hydrogen) atoms. The minimum atomic E-state index is -0.275. The lowest BCUT2D eigenvalue weighted by Crippen LogP contribution is -2.30. The van der Waals surface area contributed by atoms with Crippen LogP contribution in [-0.2, 0) is 0 Å². The van der Waals surface area contributed by atoms with Crippen LogP contribution in [-0.4, -0.2) is 33.7 Å². The Labute approximate surface area is 129 Å². The molecule has 0 spiro atoms. The summed E-state index contributed by atoms with van der Waals surface area (Å²) in [5.41, 5.74) is 2.30.